The number of carbonyl (C=O) groups is 3. The molecule has 0 saturated carbocycles. The Morgan fingerprint density at radius 3 is 0.923 bits per heavy atom. The average Bonchev–Trinajstić information content (AvgIpc) is 1.54. The van der Waals surface area contributed by atoms with Crippen LogP contribution in [0, 0.1) is 0 Å². The molecular formula is C6H11KO6. The Balaban J connectivity index is -0.0000000450. The number of hydrogen-bond acceptors (Lipinski definition) is 4. The van der Waals surface area contributed by atoms with E-state index in [1.807, 2.05) is 0 Å². The van der Waals surface area contributed by atoms with E-state index < -0.39 is 17.9 Å². The van der Waals surface area contributed by atoms with E-state index in [0.717, 1.165) is 20.8 Å². The maximum atomic E-state index is 9.00. The van der Waals surface area contributed by atoms with Gasteiger partial charge in [-0.1, -0.05) is 0 Å². The SMILES string of the molecule is CC(=O)O.CC(=O)O.CC(=O)[O-].[K+]. The maximum absolute atomic E-state index is 9.00. The molecule has 0 amide bonds. The van der Waals surface area contributed by atoms with Crippen molar-refractivity contribution in [3.05, 3.63) is 0 Å². The summed E-state index contributed by atoms with van der Waals surface area (Å²) in [6, 6.07) is 0. The molecule has 0 bridgehead atoms. The molecular weight excluding hydrogens is 207 g/mol. The Kier molecular flexibility index (Phi) is 32.0. The first kappa shape index (κ1) is 23.1. The minimum atomic E-state index is -1.08. The summed E-state index contributed by atoms with van der Waals surface area (Å²) in [5.41, 5.74) is 0. The first-order valence-electron chi connectivity index (χ1n) is 2.76. The standard InChI is InChI=1S/3C2H4O2.K/c3*1-2(3)4;/h3*1H3,(H,3,4);/q;;;+1/p-1. The van der Waals surface area contributed by atoms with Crippen LogP contribution in [0.2, 0.25) is 0 Å². The van der Waals surface area contributed by atoms with Crippen molar-refractivity contribution in [2.75, 3.05) is 0 Å². The normalized spacial score (nSPS) is 5.77. The molecule has 2 N–H and O–H groups in total. The van der Waals surface area contributed by atoms with Crippen LogP contribution in [-0.4, -0.2) is 28.1 Å². The third-order valence-corrected chi connectivity index (χ3v) is 0. The van der Waals surface area contributed by atoms with Crippen molar-refractivity contribution in [2.45, 2.75) is 20.8 Å². The van der Waals surface area contributed by atoms with E-state index in [-0.39, 0.29) is 51.4 Å². The molecule has 0 fully saturated rings. The fourth-order valence-corrected chi connectivity index (χ4v) is 0. The van der Waals surface area contributed by atoms with Crippen LogP contribution in [0.4, 0.5) is 0 Å². The molecule has 0 aliphatic rings. The van der Waals surface area contributed by atoms with Crippen molar-refractivity contribution in [2.24, 2.45) is 0 Å². The molecule has 0 aromatic heterocycles. The molecule has 0 aromatic rings. The number of rotatable bonds is 0. The molecule has 6 nitrogen and oxygen atoms in total. The van der Waals surface area contributed by atoms with Gasteiger partial charge < -0.3 is 20.1 Å². The predicted molar refractivity (Wildman–Crippen MR) is 37.3 cm³/mol. The van der Waals surface area contributed by atoms with Crippen molar-refractivity contribution < 1.29 is 81.1 Å². The molecule has 0 radical (unpaired) electrons. The van der Waals surface area contributed by atoms with Crippen LogP contribution in [0.3, 0.4) is 0 Å². The van der Waals surface area contributed by atoms with Crippen molar-refractivity contribution in [3.63, 3.8) is 0 Å². The molecule has 13 heavy (non-hydrogen) atoms. The molecule has 0 aliphatic carbocycles. The zero-order valence-electron chi connectivity index (χ0n) is 8.03. The van der Waals surface area contributed by atoms with Crippen molar-refractivity contribution in [1.82, 2.24) is 0 Å². The molecule has 0 atom stereocenters. The van der Waals surface area contributed by atoms with Crippen LogP contribution in [0.1, 0.15) is 20.8 Å². The molecule has 7 heteroatoms. The van der Waals surface area contributed by atoms with Crippen LogP contribution >= 0.6 is 0 Å². The first-order chi connectivity index (χ1) is 5.20. The van der Waals surface area contributed by atoms with Gasteiger partial charge in [0.2, 0.25) is 0 Å². The van der Waals surface area contributed by atoms with E-state index in [1.165, 1.54) is 0 Å². The van der Waals surface area contributed by atoms with Gasteiger partial charge in [-0.25, -0.2) is 0 Å². The van der Waals surface area contributed by atoms with E-state index in [1.54, 1.807) is 0 Å². The van der Waals surface area contributed by atoms with Gasteiger partial charge in [-0.3, -0.25) is 9.59 Å². The van der Waals surface area contributed by atoms with E-state index in [4.69, 9.17) is 29.7 Å². The maximum Gasteiger partial charge on any atom is 1.00 e. The fourth-order valence-electron chi connectivity index (χ4n) is 0. The molecule has 72 valence electrons. The molecule has 0 aliphatic heterocycles. The van der Waals surface area contributed by atoms with Gasteiger partial charge in [-0.2, -0.15) is 0 Å². The minimum absolute atomic E-state index is 0. The third-order valence-electron chi connectivity index (χ3n) is 0. The number of carbonyl (C=O) groups excluding carboxylic acids is 1. The summed E-state index contributed by atoms with van der Waals surface area (Å²) < 4.78 is 0. The molecule has 0 saturated heterocycles. The Morgan fingerprint density at radius 1 is 0.923 bits per heavy atom. The van der Waals surface area contributed by atoms with Gasteiger partial charge in [0.25, 0.3) is 11.9 Å². The van der Waals surface area contributed by atoms with Gasteiger partial charge >= 0.3 is 51.4 Å². The Bertz CT molecular complexity index is 115. The molecule has 0 aromatic carbocycles. The summed E-state index contributed by atoms with van der Waals surface area (Å²) >= 11 is 0. The third kappa shape index (κ3) is 566000. The van der Waals surface area contributed by atoms with Gasteiger partial charge in [0, 0.05) is 19.8 Å². The second kappa shape index (κ2) is 18.0. The summed E-state index contributed by atoms with van der Waals surface area (Å²) in [6.45, 7) is 3.14. The topological polar surface area (TPSA) is 115 Å². The van der Waals surface area contributed by atoms with Gasteiger partial charge in [-0.15, -0.1) is 0 Å². The van der Waals surface area contributed by atoms with Crippen molar-refractivity contribution in [1.29, 1.82) is 0 Å². The molecule has 0 rings (SSSR count). The number of hydrogen-bond donors (Lipinski definition) is 2. The second-order valence-corrected chi connectivity index (χ2v) is 1.53. The largest absolute Gasteiger partial charge is 1.00 e. The summed E-state index contributed by atoms with van der Waals surface area (Å²) in [7, 11) is 0. The Labute approximate surface area is 118 Å². The molecule has 0 heterocycles. The zero-order valence-corrected chi connectivity index (χ0v) is 11.2. The monoisotopic (exact) mass is 218 g/mol. The number of carboxylic acid groups (broad SMARTS) is 3. The molecule has 0 spiro atoms. The predicted octanol–water partition coefficient (Wildman–Crippen LogP) is -4.06. The smallest absolute Gasteiger partial charge is 0.550 e. The first-order valence-corrected chi connectivity index (χ1v) is 2.76. The van der Waals surface area contributed by atoms with E-state index >= 15 is 0 Å². The number of carboxylic acids is 3. The zero-order chi connectivity index (χ0) is 10.7. The second-order valence-electron chi connectivity index (χ2n) is 1.53. The van der Waals surface area contributed by atoms with E-state index in [2.05, 4.69) is 0 Å². The van der Waals surface area contributed by atoms with Crippen LogP contribution < -0.4 is 56.5 Å². The Hall–Kier alpha value is 0.0464. The summed E-state index contributed by atoms with van der Waals surface area (Å²) in [5, 5.41) is 23.7. The fraction of sp³-hybridized carbons (Fsp3) is 0.500. The van der Waals surface area contributed by atoms with E-state index in [0.29, 0.717) is 0 Å². The van der Waals surface area contributed by atoms with Gasteiger partial charge in [0.15, 0.2) is 0 Å². The average molecular weight is 218 g/mol. The van der Waals surface area contributed by atoms with Gasteiger partial charge in [0.1, 0.15) is 0 Å². The van der Waals surface area contributed by atoms with E-state index in [9.17, 15) is 0 Å². The summed E-state index contributed by atoms with van der Waals surface area (Å²) in [5.74, 6) is -2.75. The van der Waals surface area contributed by atoms with Crippen LogP contribution in [0.15, 0.2) is 0 Å². The summed E-state index contributed by atoms with van der Waals surface area (Å²) in [4.78, 5) is 26.9. The van der Waals surface area contributed by atoms with Gasteiger partial charge in [-0.05, 0) is 6.92 Å². The van der Waals surface area contributed by atoms with Crippen LogP contribution in [0.25, 0.3) is 0 Å². The number of aliphatic carboxylic acids is 3. The van der Waals surface area contributed by atoms with Gasteiger partial charge in [0.05, 0.1) is 0 Å². The Morgan fingerprint density at radius 2 is 0.923 bits per heavy atom. The van der Waals surface area contributed by atoms with Crippen LogP contribution in [-0.2, 0) is 14.4 Å². The van der Waals surface area contributed by atoms with Crippen molar-refractivity contribution >= 4 is 17.9 Å². The van der Waals surface area contributed by atoms with Crippen LogP contribution in [0.5, 0.6) is 0 Å². The van der Waals surface area contributed by atoms with Crippen molar-refractivity contribution in [3.8, 4) is 0 Å². The molecule has 0 unspecified atom stereocenters. The quantitative estimate of drug-likeness (QED) is 0.400. The minimum Gasteiger partial charge on any atom is -0.550 e. The summed E-state index contributed by atoms with van der Waals surface area (Å²) in [6.07, 6.45) is 0.